The highest BCUT2D eigenvalue weighted by atomic mass is 32.2. The number of amides is 2. The summed E-state index contributed by atoms with van der Waals surface area (Å²) in [7, 11) is 0. The highest BCUT2D eigenvalue weighted by molar-refractivity contribution is 8.18. The molecule has 0 spiro atoms. The fourth-order valence-corrected chi connectivity index (χ4v) is 3.60. The number of nitro benzene ring substituents is 1. The first-order valence-corrected chi connectivity index (χ1v) is 9.44. The van der Waals surface area contributed by atoms with Gasteiger partial charge < -0.3 is 4.74 Å². The predicted molar refractivity (Wildman–Crippen MR) is 110 cm³/mol. The minimum atomic E-state index is -0.434. The summed E-state index contributed by atoms with van der Waals surface area (Å²) in [6, 6.07) is 17.6. The van der Waals surface area contributed by atoms with Gasteiger partial charge >= 0.3 is 0 Å². The third-order valence-corrected chi connectivity index (χ3v) is 5.11. The summed E-state index contributed by atoms with van der Waals surface area (Å²) in [5.41, 5.74) is 1.56. The van der Waals surface area contributed by atoms with Gasteiger partial charge in [-0.15, -0.1) is 0 Å². The van der Waals surface area contributed by atoms with Crippen molar-refractivity contribution in [1.82, 2.24) is 5.32 Å². The van der Waals surface area contributed by atoms with Gasteiger partial charge in [-0.3, -0.25) is 25.0 Å². The molecule has 7 nitrogen and oxygen atoms in total. The van der Waals surface area contributed by atoms with E-state index >= 15 is 0 Å². The average molecular weight is 406 g/mol. The molecule has 8 heteroatoms. The Morgan fingerprint density at radius 3 is 2.59 bits per heavy atom. The molecule has 144 valence electrons. The van der Waals surface area contributed by atoms with Gasteiger partial charge in [0.05, 0.1) is 9.83 Å². The van der Waals surface area contributed by atoms with Crippen LogP contribution in [-0.2, 0) is 11.4 Å². The number of thioether (sulfide) groups is 1. The van der Waals surface area contributed by atoms with Crippen molar-refractivity contribution in [2.75, 3.05) is 0 Å². The third-order valence-electron chi connectivity index (χ3n) is 4.30. The second-order valence-electron chi connectivity index (χ2n) is 6.34. The first-order chi connectivity index (χ1) is 14.0. The van der Waals surface area contributed by atoms with E-state index in [1.54, 1.807) is 18.2 Å². The zero-order chi connectivity index (χ0) is 20.4. The van der Waals surface area contributed by atoms with Gasteiger partial charge in [0.1, 0.15) is 12.4 Å². The normalized spacial score (nSPS) is 15.0. The van der Waals surface area contributed by atoms with E-state index in [9.17, 15) is 19.7 Å². The summed E-state index contributed by atoms with van der Waals surface area (Å²) in [5.74, 6) is 0.261. The zero-order valence-corrected chi connectivity index (χ0v) is 15.8. The summed E-state index contributed by atoms with van der Waals surface area (Å²) in [5, 5.41) is 14.6. The molecule has 4 rings (SSSR count). The molecular weight excluding hydrogens is 392 g/mol. The molecule has 1 heterocycles. The molecule has 3 aromatic rings. The first-order valence-electron chi connectivity index (χ1n) is 8.63. The number of hydrogen-bond donors (Lipinski definition) is 1. The Bertz CT molecular complexity index is 1190. The van der Waals surface area contributed by atoms with Crippen molar-refractivity contribution in [2.24, 2.45) is 0 Å². The van der Waals surface area contributed by atoms with E-state index in [0.29, 0.717) is 16.2 Å². The molecule has 1 fully saturated rings. The lowest BCUT2D eigenvalue weighted by Crippen LogP contribution is -2.17. The van der Waals surface area contributed by atoms with Crippen molar-refractivity contribution in [3.05, 3.63) is 86.8 Å². The molecule has 1 N–H and O–H groups in total. The minimum Gasteiger partial charge on any atom is -0.489 e. The molecule has 2 amide bonds. The minimum absolute atomic E-state index is 0.0297. The molecule has 3 aromatic carbocycles. The molecule has 29 heavy (non-hydrogen) atoms. The number of carbonyl (C=O) groups is 2. The van der Waals surface area contributed by atoms with Crippen molar-refractivity contribution in [2.45, 2.75) is 6.61 Å². The van der Waals surface area contributed by atoms with Crippen LogP contribution in [0.4, 0.5) is 10.5 Å². The van der Waals surface area contributed by atoms with E-state index in [4.69, 9.17) is 4.74 Å². The van der Waals surface area contributed by atoms with E-state index in [2.05, 4.69) is 5.32 Å². The SMILES string of the molecule is O=C1NC(=O)/C(=C/c2ccc3cc(OCc4cccc([N+](=O)[O-])c4)ccc3c2)S1. The van der Waals surface area contributed by atoms with E-state index in [0.717, 1.165) is 28.1 Å². The Morgan fingerprint density at radius 2 is 1.83 bits per heavy atom. The number of benzene rings is 3. The Labute approximate surface area is 169 Å². The Kier molecular flexibility index (Phi) is 5.01. The molecule has 0 radical (unpaired) electrons. The van der Waals surface area contributed by atoms with Crippen LogP contribution >= 0.6 is 11.8 Å². The number of imide groups is 1. The van der Waals surface area contributed by atoms with E-state index in [1.807, 2.05) is 36.4 Å². The molecule has 1 aliphatic heterocycles. The maximum atomic E-state index is 11.7. The number of ether oxygens (including phenoxy) is 1. The topological polar surface area (TPSA) is 98.5 Å². The molecule has 0 unspecified atom stereocenters. The summed E-state index contributed by atoms with van der Waals surface area (Å²) < 4.78 is 5.77. The van der Waals surface area contributed by atoms with E-state index in [1.165, 1.54) is 12.1 Å². The quantitative estimate of drug-likeness (QED) is 0.376. The van der Waals surface area contributed by atoms with Crippen LogP contribution in [0.5, 0.6) is 5.75 Å². The van der Waals surface area contributed by atoms with Crippen LogP contribution in [0.3, 0.4) is 0 Å². The van der Waals surface area contributed by atoms with Gasteiger partial charge in [-0.2, -0.15) is 0 Å². The van der Waals surface area contributed by atoms with Gasteiger partial charge in [-0.1, -0.05) is 30.3 Å². The second kappa shape index (κ2) is 7.76. The van der Waals surface area contributed by atoms with Crippen molar-refractivity contribution < 1.29 is 19.2 Å². The molecule has 0 aliphatic carbocycles. The van der Waals surface area contributed by atoms with Crippen molar-refractivity contribution in [3.63, 3.8) is 0 Å². The molecule has 0 bridgehead atoms. The zero-order valence-electron chi connectivity index (χ0n) is 15.0. The Hall–Kier alpha value is -3.65. The molecule has 0 saturated carbocycles. The van der Waals surface area contributed by atoms with Gasteiger partial charge in [0.15, 0.2) is 0 Å². The molecular formula is C21H14N2O5S. The monoisotopic (exact) mass is 406 g/mol. The highest BCUT2D eigenvalue weighted by Gasteiger charge is 2.24. The number of nitrogens with zero attached hydrogens (tertiary/aromatic N) is 1. The van der Waals surface area contributed by atoms with Gasteiger partial charge in [-0.25, -0.2) is 0 Å². The lowest BCUT2D eigenvalue weighted by molar-refractivity contribution is -0.384. The fraction of sp³-hybridized carbons (Fsp3) is 0.0476. The summed E-state index contributed by atoms with van der Waals surface area (Å²) in [6.45, 7) is 0.220. The lowest BCUT2D eigenvalue weighted by atomic mass is 10.1. The summed E-state index contributed by atoms with van der Waals surface area (Å²) in [6.07, 6.45) is 1.68. The van der Waals surface area contributed by atoms with Gasteiger partial charge in [0.25, 0.3) is 16.8 Å². The summed E-state index contributed by atoms with van der Waals surface area (Å²) in [4.78, 5) is 33.7. The largest absolute Gasteiger partial charge is 0.489 e. The summed E-state index contributed by atoms with van der Waals surface area (Å²) >= 11 is 0.883. The van der Waals surface area contributed by atoms with E-state index in [-0.39, 0.29) is 23.4 Å². The van der Waals surface area contributed by atoms with Crippen molar-refractivity contribution >= 4 is 45.4 Å². The molecule has 1 aliphatic rings. The van der Waals surface area contributed by atoms with Gasteiger partial charge in [0.2, 0.25) is 0 Å². The molecule has 1 saturated heterocycles. The molecule has 0 aromatic heterocycles. The van der Waals surface area contributed by atoms with Gasteiger partial charge in [0, 0.05) is 12.1 Å². The van der Waals surface area contributed by atoms with Crippen LogP contribution in [0, 0.1) is 10.1 Å². The lowest BCUT2D eigenvalue weighted by Gasteiger charge is -2.08. The number of nitrogens with one attached hydrogen (secondary N) is 1. The smallest absolute Gasteiger partial charge is 0.290 e. The maximum absolute atomic E-state index is 11.7. The van der Waals surface area contributed by atoms with Gasteiger partial charge in [-0.05, 0) is 57.9 Å². The van der Waals surface area contributed by atoms with Crippen molar-refractivity contribution in [3.8, 4) is 5.75 Å². The first kappa shape index (κ1) is 18.7. The number of hydrogen-bond acceptors (Lipinski definition) is 6. The number of rotatable bonds is 5. The highest BCUT2D eigenvalue weighted by Crippen LogP contribution is 2.28. The number of carbonyl (C=O) groups excluding carboxylic acids is 2. The van der Waals surface area contributed by atoms with Crippen LogP contribution in [0.1, 0.15) is 11.1 Å². The van der Waals surface area contributed by atoms with Crippen LogP contribution in [-0.4, -0.2) is 16.1 Å². The van der Waals surface area contributed by atoms with Crippen LogP contribution in [0.15, 0.2) is 65.6 Å². The van der Waals surface area contributed by atoms with Crippen molar-refractivity contribution in [1.29, 1.82) is 0 Å². The average Bonchev–Trinajstić information content (AvgIpc) is 3.03. The van der Waals surface area contributed by atoms with E-state index < -0.39 is 4.92 Å². The Balaban J connectivity index is 1.51. The molecule has 0 atom stereocenters. The Morgan fingerprint density at radius 1 is 1.03 bits per heavy atom. The number of non-ortho nitro benzene ring substituents is 1. The second-order valence-corrected chi connectivity index (χ2v) is 7.35. The fourth-order valence-electron chi connectivity index (χ4n) is 2.92. The van der Waals surface area contributed by atoms with Crippen LogP contribution in [0.25, 0.3) is 16.8 Å². The third kappa shape index (κ3) is 4.27. The number of nitro groups is 1. The van der Waals surface area contributed by atoms with Crippen LogP contribution < -0.4 is 10.1 Å². The van der Waals surface area contributed by atoms with Crippen LogP contribution in [0.2, 0.25) is 0 Å². The predicted octanol–water partition coefficient (Wildman–Crippen LogP) is 4.65. The maximum Gasteiger partial charge on any atom is 0.290 e. The number of fused-ring (bicyclic) bond motifs is 1. The standard InChI is InChI=1S/C21H14N2O5S/c24-20-19(29-21(25)22-20)10-13-4-5-16-11-18(7-6-15(16)8-13)28-12-14-2-1-3-17(9-14)23(26)27/h1-11H,12H2,(H,22,24,25)/b19-10-.